The average Bonchev–Trinajstić information content (AvgIpc) is 3.01. The molecule has 7 nitrogen and oxygen atoms in total. The third kappa shape index (κ3) is 4.51. The molecule has 0 N–H and O–H groups in total. The number of carbonyl (C=O) groups excluding carboxylic acids is 2. The fourth-order valence-electron chi connectivity index (χ4n) is 4.25. The van der Waals surface area contributed by atoms with Gasteiger partial charge in [-0.1, -0.05) is 27.2 Å². The Labute approximate surface area is 180 Å². The number of hydrogen-bond donors (Lipinski definition) is 0. The fraction of sp³-hybridized carbons (Fsp3) is 0.818. The van der Waals surface area contributed by atoms with Gasteiger partial charge in [-0.15, -0.1) is 0 Å². The highest BCUT2D eigenvalue weighted by molar-refractivity contribution is 6.74. The summed E-state index contributed by atoms with van der Waals surface area (Å²) in [6.07, 6.45) is 4.07. The van der Waals surface area contributed by atoms with E-state index in [0.717, 1.165) is 32.1 Å². The van der Waals surface area contributed by atoms with Gasteiger partial charge in [0.25, 0.3) is 0 Å². The number of fused-ring (bicyclic) bond motifs is 1. The normalized spacial score (nSPS) is 31.1. The summed E-state index contributed by atoms with van der Waals surface area (Å²) in [5.74, 6) is -1.73. The van der Waals surface area contributed by atoms with Crippen LogP contribution in [0.25, 0.3) is 0 Å². The Bertz CT molecular complexity index is 703. The molecule has 1 spiro atoms. The summed E-state index contributed by atoms with van der Waals surface area (Å²) in [4.78, 5) is 24.4. The van der Waals surface area contributed by atoms with Crippen molar-refractivity contribution in [1.29, 1.82) is 0 Å². The molecule has 3 aliphatic rings. The van der Waals surface area contributed by atoms with Crippen LogP contribution in [0.5, 0.6) is 0 Å². The molecule has 0 aromatic rings. The van der Waals surface area contributed by atoms with E-state index in [9.17, 15) is 9.59 Å². The minimum absolute atomic E-state index is 0.0174. The Hall–Kier alpha value is -1.22. The molecular formula is C22H36O7Si. The maximum absolute atomic E-state index is 12.6. The molecule has 1 aliphatic heterocycles. The van der Waals surface area contributed by atoms with Crippen LogP contribution in [0, 0.1) is 0 Å². The monoisotopic (exact) mass is 440 g/mol. The first-order valence-corrected chi connectivity index (χ1v) is 13.8. The zero-order valence-electron chi connectivity index (χ0n) is 19.3. The van der Waals surface area contributed by atoms with E-state index in [1.165, 1.54) is 14.0 Å². The zero-order valence-corrected chi connectivity index (χ0v) is 20.3. The summed E-state index contributed by atoms with van der Waals surface area (Å²) < 4.78 is 30.2. The van der Waals surface area contributed by atoms with Crippen molar-refractivity contribution in [3.05, 3.63) is 11.6 Å². The summed E-state index contributed by atoms with van der Waals surface area (Å²) in [6.45, 7) is 12.2. The molecule has 4 atom stereocenters. The van der Waals surface area contributed by atoms with Crippen LogP contribution in [0.4, 0.5) is 0 Å². The molecule has 3 rings (SSSR count). The molecular weight excluding hydrogens is 404 g/mol. The molecule has 1 heterocycles. The Morgan fingerprint density at radius 2 is 1.70 bits per heavy atom. The van der Waals surface area contributed by atoms with Crippen LogP contribution < -0.4 is 0 Å². The number of hydrogen-bond acceptors (Lipinski definition) is 7. The van der Waals surface area contributed by atoms with Gasteiger partial charge in [0.2, 0.25) is 0 Å². The van der Waals surface area contributed by atoms with Crippen LogP contribution in [0.2, 0.25) is 18.1 Å². The summed E-state index contributed by atoms with van der Waals surface area (Å²) in [5, 5.41) is -0.0174. The quantitative estimate of drug-likeness (QED) is 0.485. The van der Waals surface area contributed by atoms with Gasteiger partial charge in [0, 0.05) is 19.8 Å². The van der Waals surface area contributed by atoms with E-state index in [4.69, 9.17) is 23.4 Å². The van der Waals surface area contributed by atoms with Crippen molar-refractivity contribution in [2.45, 2.75) is 108 Å². The summed E-state index contributed by atoms with van der Waals surface area (Å²) in [5.41, 5.74) is 0.258. The predicted molar refractivity (Wildman–Crippen MR) is 113 cm³/mol. The van der Waals surface area contributed by atoms with Crippen LogP contribution in [0.15, 0.2) is 11.6 Å². The molecule has 8 heteroatoms. The number of rotatable bonds is 4. The molecule has 0 aromatic carbocycles. The lowest BCUT2D eigenvalue weighted by Crippen LogP contribution is -2.54. The van der Waals surface area contributed by atoms with Crippen molar-refractivity contribution >= 4 is 20.3 Å². The van der Waals surface area contributed by atoms with Crippen molar-refractivity contribution in [3.63, 3.8) is 0 Å². The smallest absolute Gasteiger partial charge is 0.337 e. The molecule has 170 valence electrons. The third-order valence-electron chi connectivity index (χ3n) is 6.86. The SMILES string of the molecule is COC(=O)C1=C[C@@H](O[Si](C)(C)C(C)(C)C)[C@H]2OC3(CCCCC3)O[C@H]2[C@@H]1OC(C)=O. The van der Waals surface area contributed by atoms with Crippen LogP contribution in [-0.2, 0) is 33.0 Å². The van der Waals surface area contributed by atoms with Gasteiger partial charge in [-0.25, -0.2) is 4.79 Å². The van der Waals surface area contributed by atoms with E-state index < -0.39 is 50.5 Å². The van der Waals surface area contributed by atoms with Gasteiger partial charge in [0.15, 0.2) is 20.2 Å². The Kier molecular flexibility index (Phi) is 6.54. The van der Waals surface area contributed by atoms with Crippen molar-refractivity contribution in [3.8, 4) is 0 Å². The van der Waals surface area contributed by atoms with E-state index in [0.29, 0.717) is 0 Å². The first-order chi connectivity index (χ1) is 13.9. The lowest BCUT2D eigenvalue weighted by Gasteiger charge is -2.42. The first-order valence-electron chi connectivity index (χ1n) is 10.9. The number of methoxy groups -OCH3 is 1. The molecule has 1 saturated carbocycles. The highest BCUT2D eigenvalue weighted by Gasteiger charge is 2.58. The van der Waals surface area contributed by atoms with Crippen molar-refractivity contribution < 1.29 is 33.0 Å². The zero-order chi connectivity index (χ0) is 22.3. The Morgan fingerprint density at radius 1 is 1.10 bits per heavy atom. The lowest BCUT2D eigenvalue weighted by molar-refractivity contribution is -0.203. The maximum Gasteiger partial charge on any atom is 0.337 e. The summed E-state index contributed by atoms with van der Waals surface area (Å²) in [7, 11) is -0.864. The predicted octanol–water partition coefficient (Wildman–Crippen LogP) is 3.87. The van der Waals surface area contributed by atoms with Gasteiger partial charge in [-0.2, -0.15) is 0 Å². The van der Waals surface area contributed by atoms with Crippen molar-refractivity contribution in [2.24, 2.45) is 0 Å². The van der Waals surface area contributed by atoms with E-state index in [1.54, 1.807) is 6.08 Å². The van der Waals surface area contributed by atoms with E-state index in [1.807, 2.05) is 0 Å². The van der Waals surface area contributed by atoms with Crippen LogP contribution in [0.3, 0.4) is 0 Å². The van der Waals surface area contributed by atoms with Crippen LogP contribution in [0.1, 0.15) is 59.8 Å². The molecule has 2 aliphatic carbocycles. The van der Waals surface area contributed by atoms with Gasteiger partial charge in [-0.05, 0) is 37.0 Å². The average molecular weight is 441 g/mol. The topological polar surface area (TPSA) is 80.3 Å². The molecule has 2 fully saturated rings. The van der Waals surface area contributed by atoms with E-state index >= 15 is 0 Å². The molecule has 0 aromatic heterocycles. The van der Waals surface area contributed by atoms with Crippen LogP contribution >= 0.6 is 0 Å². The van der Waals surface area contributed by atoms with Gasteiger partial charge >= 0.3 is 11.9 Å². The highest BCUT2D eigenvalue weighted by atomic mass is 28.4. The molecule has 0 amide bonds. The number of ether oxygens (including phenoxy) is 4. The Morgan fingerprint density at radius 3 is 2.23 bits per heavy atom. The number of carbonyl (C=O) groups is 2. The third-order valence-corrected chi connectivity index (χ3v) is 11.3. The molecule has 30 heavy (non-hydrogen) atoms. The number of esters is 2. The van der Waals surface area contributed by atoms with Crippen molar-refractivity contribution in [2.75, 3.05) is 7.11 Å². The maximum atomic E-state index is 12.6. The van der Waals surface area contributed by atoms with Gasteiger partial charge in [-0.3, -0.25) is 4.79 Å². The second-order valence-corrected chi connectivity index (χ2v) is 14.9. The van der Waals surface area contributed by atoms with Gasteiger partial charge in [0.1, 0.15) is 12.2 Å². The first kappa shape index (κ1) is 23.4. The minimum atomic E-state index is -2.18. The van der Waals surface area contributed by atoms with Gasteiger partial charge < -0.3 is 23.4 Å². The summed E-state index contributed by atoms with van der Waals surface area (Å²) >= 11 is 0. The second kappa shape index (κ2) is 8.37. The largest absolute Gasteiger partial charge is 0.466 e. The van der Waals surface area contributed by atoms with E-state index in [2.05, 4.69) is 33.9 Å². The van der Waals surface area contributed by atoms with E-state index in [-0.39, 0.29) is 10.6 Å². The molecule has 0 unspecified atom stereocenters. The Balaban J connectivity index is 2.01. The molecule has 1 saturated heterocycles. The minimum Gasteiger partial charge on any atom is -0.466 e. The summed E-state index contributed by atoms with van der Waals surface area (Å²) in [6, 6.07) is 0. The molecule has 0 radical (unpaired) electrons. The molecule has 0 bridgehead atoms. The standard InChI is InChI=1S/C22H36O7Si/c1-14(23)26-17-15(20(24)25-5)13-16(29-30(6,7)21(2,3)4)18-19(17)28-22(27-18)11-9-8-10-12-22/h13,16-19H,8-12H2,1-7H3/t16-,17-,18-,19+/m1/s1. The fourth-order valence-corrected chi connectivity index (χ4v) is 5.48. The lowest BCUT2D eigenvalue weighted by atomic mass is 9.89. The second-order valence-electron chi connectivity index (χ2n) is 10.1. The van der Waals surface area contributed by atoms with Crippen LogP contribution in [-0.4, -0.2) is 57.6 Å². The van der Waals surface area contributed by atoms with Gasteiger partial charge in [0.05, 0.1) is 18.8 Å². The van der Waals surface area contributed by atoms with Crippen molar-refractivity contribution in [1.82, 2.24) is 0 Å². The highest BCUT2D eigenvalue weighted by Crippen LogP contribution is 2.47.